The van der Waals surface area contributed by atoms with Crippen molar-refractivity contribution in [2.75, 3.05) is 0 Å². The first kappa shape index (κ1) is 81.5. The Morgan fingerprint density at radius 1 is 0.164 bits per heavy atom. The van der Waals surface area contributed by atoms with Crippen LogP contribution in [0, 0.1) is 125 Å². The summed E-state index contributed by atoms with van der Waals surface area (Å²) in [4.78, 5) is 7.73. The zero-order valence-electron chi connectivity index (χ0n) is 71.8. The molecule has 122 heavy (non-hydrogen) atoms. The van der Waals surface area contributed by atoms with Crippen molar-refractivity contribution in [1.82, 2.24) is 0 Å². The minimum Gasteiger partial charge on any atom is -0.135 e. The molecule has 4 aliphatic heterocycles. The van der Waals surface area contributed by atoms with Crippen molar-refractivity contribution >= 4 is 223 Å². The highest BCUT2D eigenvalue weighted by Gasteiger charge is 2.33. The zero-order valence-corrected chi connectivity index (χ0v) is 81.6. The van der Waals surface area contributed by atoms with E-state index in [1.807, 2.05) is 113 Å². The Morgan fingerprint density at radius 2 is 0.336 bits per heavy atom. The topological polar surface area (TPSA) is 0 Å². The van der Waals surface area contributed by atoms with Crippen LogP contribution in [0.2, 0.25) is 0 Å². The van der Waals surface area contributed by atoms with Crippen LogP contribution < -0.4 is 0 Å². The van der Waals surface area contributed by atoms with E-state index in [1.54, 1.807) is 0 Å². The van der Waals surface area contributed by atoms with Crippen molar-refractivity contribution in [2.24, 2.45) is 0 Å². The van der Waals surface area contributed by atoms with E-state index >= 15 is 0 Å². The van der Waals surface area contributed by atoms with Gasteiger partial charge in [0.05, 0.1) is 0 Å². The summed E-state index contributed by atoms with van der Waals surface area (Å²) in [5.41, 5.74) is 41.5. The van der Waals surface area contributed by atoms with Crippen LogP contribution in [0.4, 0.5) is 0 Å². The average Bonchev–Trinajstić information content (AvgIpc) is 1.62. The van der Waals surface area contributed by atoms with E-state index in [1.165, 1.54) is 283 Å². The van der Waals surface area contributed by atoms with Crippen LogP contribution in [0.5, 0.6) is 0 Å². The maximum atomic E-state index is 2.53. The second kappa shape index (κ2) is 32.3. The lowest BCUT2D eigenvalue weighted by Gasteiger charge is -2.20. The van der Waals surface area contributed by atoms with Gasteiger partial charge in [-0.1, -0.05) is 130 Å². The van der Waals surface area contributed by atoms with Crippen LogP contribution >= 0.6 is 137 Å². The molecule has 2 atom stereocenters. The van der Waals surface area contributed by atoms with Gasteiger partial charge in [-0.25, -0.2) is 0 Å². The number of allylic oxidation sites excluding steroid dienone is 2. The third-order valence-electron chi connectivity index (χ3n) is 24.3. The number of thioether (sulfide) groups is 2. The third-order valence-corrected chi connectivity index (χ3v) is 38.6. The Labute approximate surface area is 765 Å². The Kier molecular flexibility index (Phi) is 21.6. The number of hydrogen-bond acceptors (Lipinski definition) is 12. The van der Waals surface area contributed by atoms with E-state index in [0.29, 0.717) is 0 Å². The summed E-state index contributed by atoms with van der Waals surface area (Å²) in [5.74, 6) is 0. The monoisotopic (exact) mass is 1800 g/mol. The highest BCUT2D eigenvalue weighted by atomic mass is 32.2. The molecular formula is C110H92S12. The fraction of sp³-hybridized carbons (Fsp3) is 0.182. The van der Waals surface area contributed by atoms with E-state index in [0.717, 1.165) is 0 Å². The SMILES string of the molecule is Cc1cc(C)c(C2=C3C=C[C@@H](S3)C3C=C/C(=C(\c4c(C)cc(C)cc4C)c4ccc(s4)-c4c5ccc(s5)c(-c5c(C)cc(C)cc5C)c5ccc(s5)c5ccc(s5)c(-c5c(C)cc(C)cc5C)c5ccc(s5)c(c5ccc(s5)c(-c5c(C)cc(C)cc5C)c5ccc(s5)c5ccc(s5)c(-c5c(C)cc(C)cc5C)c5ccc4s5)-c4ccc2s4)S3)c(C)c1. The van der Waals surface area contributed by atoms with Gasteiger partial charge >= 0.3 is 0 Å². The Morgan fingerprint density at radius 3 is 0.549 bits per heavy atom. The van der Waals surface area contributed by atoms with Crippen LogP contribution in [-0.4, -0.2) is 10.5 Å². The van der Waals surface area contributed by atoms with Crippen molar-refractivity contribution in [3.05, 3.63) is 349 Å². The van der Waals surface area contributed by atoms with Crippen molar-refractivity contribution in [3.63, 3.8) is 0 Å². The quantitative estimate of drug-likeness (QED) is 0.163. The predicted molar refractivity (Wildman–Crippen MR) is 560 cm³/mol. The molecule has 0 fully saturated rings. The fourth-order valence-electron chi connectivity index (χ4n) is 19.9. The van der Waals surface area contributed by atoms with Gasteiger partial charge in [-0.15, -0.1) is 137 Å². The third kappa shape index (κ3) is 14.7. The van der Waals surface area contributed by atoms with E-state index in [9.17, 15) is 0 Å². The van der Waals surface area contributed by atoms with Gasteiger partial charge in [-0.2, -0.15) is 0 Å². The molecule has 0 saturated carbocycles. The fourth-order valence-corrected chi connectivity index (χ4v) is 34.7. The highest BCUT2D eigenvalue weighted by molar-refractivity contribution is 8.08. The highest BCUT2D eigenvalue weighted by Crippen LogP contribution is 2.56. The Balaban J connectivity index is 0.978. The standard InChI is InChI=1S/C110H92S12/c1-55-43-61(7)97(62(8)44-55)105-85-25-19-73(111-85)74-20-26-86(112-74)106(98-63(9)45-56(2)46-64(98)10)94-40-34-82(120-94)104-83-35-41-95(121-83)109(101-69(15)51-59(5)52-70(101)16)89-29-23-77(115-89)75-21-27-87(113-75)107(99-65(11)47-57(3)48-66(99)12)92-38-32-80(118-92)103(79-31-37-91(105)117-79)81-33-39-93(119-81)108(100-67(13)49-58(4)50-68(100)14)88-28-22-76(114-88)78-24-30-90(116-78)110(96-42-36-84(104)122-96)102-71(17)53-60(6)54-72(102)18/h19-54,73-74H,1-18H3/b77-75?,78-76?,103-80?,103-81?,104-83?,104-84?,105-85+,106-86?,107-87?,107-92?,108-88?,108-93?,109-89?,109-95?,110-90?,110-96?/t73?,74-/m1/s1. The molecule has 0 spiro atoms. The van der Waals surface area contributed by atoms with E-state index < -0.39 is 0 Å². The van der Waals surface area contributed by atoms with Crippen LogP contribution in [-0.2, 0) is 0 Å². The molecule has 15 heterocycles. The number of hydrogen-bond donors (Lipinski definition) is 0. The Bertz CT molecular complexity index is 6890. The summed E-state index contributed by atoms with van der Waals surface area (Å²) < 4.78 is 20.2. The van der Waals surface area contributed by atoms with Crippen LogP contribution in [0.25, 0.3) is 152 Å². The first-order chi connectivity index (χ1) is 58.8. The Hall–Kier alpha value is -8.80. The molecule has 12 heteroatoms. The van der Waals surface area contributed by atoms with Gasteiger partial charge < -0.3 is 0 Å². The minimum absolute atomic E-state index is 0.184. The molecule has 0 radical (unpaired) electrons. The lowest BCUT2D eigenvalue weighted by Crippen LogP contribution is -2.11. The van der Waals surface area contributed by atoms with Crippen molar-refractivity contribution in [1.29, 1.82) is 0 Å². The number of benzene rings is 6. The first-order valence-electron chi connectivity index (χ1n) is 41.7. The van der Waals surface area contributed by atoms with Crippen LogP contribution in [0.3, 0.4) is 0 Å². The normalized spacial score (nSPS) is 15.0. The lowest BCUT2D eigenvalue weighted by molar-refractivity contribution is 1.12. The number of aryl methyl sites for hydroxylation is 18. The second-order valence-corrected chi connectivity index (χ2v) is 47.2. The molecule has 6 aromatic carbocycles. The molecule has 21 rings (SSSR count). The minimum atomic E-state index is 0.184. The van der Waals surface area contributed by atoms with Gasteiger partial charge in [0, 0.05) is 160 Å². The van der Waals surface area contributed by atoms with Gasteiger partial charge in [-0.3, -0.25) is 0 Å². The molecule has 17 aromatic rings. The predicted octanol–water partition coefficient (Wildman–Crippen LogP) is 37.5. The summed E-state index contributed by atoms with van der Waals surface area (Å²) in [6, 6.07) is 77.7. The van der Waals surface area contributed by atoms with Crippen molar-refractivity contribution in [2.45, 2.75) is 135 Å². The maximum Gasteiger partial charge on any atom is 0.0449 e. The van der Waals surface area contributed by atoms with Gasteiger partial charge in [-0.05, 0) is 346 Å². The molecule has 0 aliphatic carbocycles. The maximum absolute atomic E-state index is 2.53. The van der Waals surface area contributed by atoms with Gasteiger partial charge in [0.1, 0.15) is 0 Å². The van der Waals surface area contributed by atoms with Crippen molar-refractivity contribution < 1.29 is 0 Å². The van der Waals surface area contributed by atoms with E-state index in [4.69, 9.17) is 0 Å². The molecule has 0 nitrogen and oxygen atoms in total. The summed E-state index contributed by atoms with van der Waals surface area (Å²) in [5, 5.41) is 0.368. The molecule has 4 aliphatic rings. The molecule has 0 saturated heterocycles. The first-order valence-corrected chi connectivity index (χ1v) is 51.7. The zero-order chi connectivity index (χ0) is 84.3. The largest absolute Gasteiger partial charge is 0.135 e. The molecule has 0 amide bonds. The number of thiophene rings is 10. The summed E-state index contributed by atoms with van der Waals surface area (Å²) in [7, 11) is 0. The van der Waals surface area contributed by atoms with Crippen LogP contribution in [0.1, 0.15) is 121 Å². The molecule has 604 valence electrons. The smallest absolute Gasteiger partial charge is 0.0449 e. The molecule has 11 aromatic heterocycles. The van der Waals surface area contributed by atoms with Crippen LogP contribution in [0.15, 0.2) is 228 Å². The molecule has 1 unspecified atom stereocenters. The second-order valence-electron chi connectivity index (χ2n) is 33.9. The summed E-state index contributed by atoms with van der Waals surface area (Å²) in [6.07, 6.45) is 10.0. The van der Waals surface area contributed by atoms with Gasteiger partial charge in [0.15, 0.2) is 0 Å². The average molecular weight is 1800 g/mol. The molecule has 0 N–H and O–H groups in total. The molecule has 26 bridgehead atoms. The lowest BCUT2D eigenvalue weighted by atomic mass is 9.92. The summed E-state index contributed by atoms with van der Waals surface area (Å²) in [6.45, 7) is 41.5. The molecular weight excluding hydrogens is 1710 g/mol. The van der Waals surface area contributed by atoms with E-state index in [-0.39, 0.29) is 10.5 Å². The van der Waals surface area contributed by atoms with Crippen molar-refractivity contribution in [3.8, 4) is 65.4 Å². The van der Waals surface area contributed by atoms with Gasteiger partial charge in [0.25, 0.3) is 0 Å². The number of rotatable bonds is 6. The van der Waals surface area contributed by atoms with E-state index in [2.05, 4.69) is 367 Å². The van der Waals surface area contributed by atoms with Gasteiger partial charge in [0.2, 0.25) is 0 Å². The summed E-state index contributed by atoms with van der Waals surface area (Å²) >= 11 is 23.6.